The summed E-state index contributed by atoms with van der Waals surface area (Å²) < 4.78 is 4.76. The standard InChI is InChI=1S/C15H27NO4/c1-4-20-13(18)6-5-12(17)16-11-15(19)9-7-14(2,3)8-10-15/h19H,4-11H2,1-3H3,(H,16,17). The van der Waals surface area contributed by atoms with Gasteiger partial charge in [0.15, 0.2) is 0 Å². The summed E-state index contributed by atoms with van der Waals surface area (Å²) in [5.41, 5.74) is -0.519. The molecule has 0 unspecified atom stereocenters. The summed E-state index contributed by atoms with van der Waals surface area (Å²) in [6.07, 6.45) is 3.53. The number of hydrogen-bond donors (Lipinski definition) is 2. The van der Waals surface area contributed by atoms with Gasteiger partial charge in [0.2, 0.25) is 5.91 Å². The maximum Gasteiger partial charge on any atom is 0.306 e. The van der Waals surface area contributed by atoms with Crippen LogP contribution in [0.2, 0.25) is 0 Å². The minimum atomic E-state index is -0.797. The molecule has 0 saturated heterocycles. The molecule has 0 radical (unpaired) electrons. The molecule has 5 nitrogen and oxygen atoms in total. The highest BCUT2D eigenvalue weighted by Crippen LogP contribution is 2.39. The van der Waals surface area contributed by atoms with Crippen LogP contribution in [0.1, 0.15) is 59.3 Å². The van der Waals surface area contributed by atoms with Crippen molar-refractivity contribution >= 4 is 11.9 Å². The van der Waals surface area contributed by atoms with Crippen LogP contribution in [0, 0.1) is 5.41 Å². The summed E-state index contributed by atoms with van der Waals surface area (Å²) in [7, 11) is 0. The summed E-state index contributed by atoms with van der Waals surface area (Å²) in [5, 5.41) is 13.1. The van der Waals surface area contributed by atoms with Gasteiger partial charge in [0, 0.05) is 13.0 Å². The molecule has 0 spiro atoms. The van der Waals surface area contributed by atoms with Gasteiger partial charge in [0.1, 0.15) is 0 Å². The minimum absolute atomic E-state index is 0.0884. The van der Waals surface area contributed by atoms with Crippen LogP contribution < -0.4 is 5.32 Å². The zero-order valence-corrected chi connectivity index (χ0v) is 12.8. The molecule has 0 aromatic rings. The average Bonchev–Trinajstić information content (AvgIpc) is 2.39. The van der Waals surface area contributed by atoms with Crippen LogP contribution >= 0.6 is 0 Å². The molecule has 1 amide bonds. The minimum Gasteiger partial charge on any atom is -0.466 e. The first kappa shape index (κ1) is 17.0. The lowest BCUT2D eigenvalue weighted by molar-refractivity contribution is -0.144. The molecule has 1 aliphatic rings. The van der Waals surface area contributed by atoms with Gasteiger partial charge in [-0.2, -0.15) is 0 Å². The van der Waals surface area contributed by atoms with Crippen LogP contribution in [-0.4, -0.2) is 35.7 Å². The van der Waals surface area contributed by atoms with Crippen molar-refractivity contribution in [3.63, 3.8) is 0 Å². The lowest BCUT2D eigenvalue weighted by atomic mass is 9.71. The van der Waals surface area contributed by atoms with Gasteiger partial charge >= 0.3 is 5.97 Å². The molecule has 116 valence electrons. The van der Waals surface area contributed by atoms with Crippen molar-refractivity contribution in [2.75, 3.05) is 13.2 Å². The van der Waals surface area contributed by atoms with E-state index >= 15 is 0 Å². The Hall–Kier alpha value is -1.10. The number of carbonyl (C=O) groups excluding carboxylic acids is 2. The second kappa shape index (κ2) is 7.07. The molecule has 1 rings (SSSR count). The molecule has 0 aromatic carbocycles. The Morgan fingerprint density at radius 2 is 1.75 bits per heavy atom. The summed E-state index contributed by atoms with van der Waals surface area (Å²) in [5.74, 6) is -0.572. The van der Waals surface area contributed by atoms with E-state index in [-0.39, 0.29) is 36.7 Å². The number of carbonyl (C=O) groups is 2. The maximum atomic E-state index is 11.6. The van der Waals surface area contributed by atoms with E-state index in [4.69, 9.17) is 4.74 Å². The molecule has 1 aliphatic carbocycles. The molecule has 2 N–H and O–H groups in total. The van der Waals surface area contributed by atoms with Crippen LogP contribution in [0.25, 0.3) is 0 Å². The fraction of sp³-hybridized carbons (Fsp3) is 0.867. The number of esters is 1. The van der Waals surface area contributed by atoms with Gasteiger partial charge in [-0.1, -0.05) is 13.8 Å². The van der Waals surface area contributed by atoms with E-state index in [1.807, 2.05) is 0 Å². The number of rotatable bonds is 6. The molecular formula is C15H27NO4. The van der Waals surface area contributed by atoms with E-state index in [9.17, 15) is 14.7 Å². The van der Waals surface area contributed by atoms with Crippen molar-refractivity contribution in [2.24, 2.45) is 5.41 Å². The van der Waals surface area contributed by atoms with Gasteiger partial charge in [-0.3, -0.25) is 9.59 Å². The Kier molecular flexibility index (Phi) is 5.99. The summed E-state index contributed by atoms with van der Waals surface area (Å²) in [6.45, 7) is 6.73. The summed E-state index contributed by atoms with van der Waals surface area (Å²) in [4.78, 5) is 22.8. The third-order valence-electron chi connectivity index (χ3n) is 4.01. The fourth-order valence-electron chi connectivity index (χ4n) is 2.37. The molecule has 1 saturated carbocycles. The third kappa shape index (κ3) is 5.90. The molecule has 5 heteroatoms. The Bertz CT molecular complexity index is 342. The van der Waals surface area contributed by atoms with Gasteiger partial charge in [-0.25, -0.2) is 0 Å². The predicted octanol–water partition coefficient (Wildman–Crippen LogP) is 1.78. The van der Waals surface area contributed by atoms with Crippen LogP contribution in [0.5, 0.6) is 0 Å². The molecule has 20 heavy (non-hydrogen) atoms. The first-order valence-electron chi connectivity index (χ1n) is 7.41. The maximum absolute atomic E-state index is 11.6. The zero-order valence-electron chi connectivity index (χ0n) is 12.8. The third-order valence-corrected chi connectivity index (χ3v) is 4.01. The SMILES string of the molecule is CCOC(=O)CCC(=O)NCC1(O)CCC(C)(C)CC1. The van der Waals surface area contributed by atoms with Crippen LogP contribution in [-0.2, 0) is 14.3 Å². The van der Waals surface area contributed by atoms with Crippen molar-refractivity contribution < 1.29 is 19.4 Å². The zero-order chi connectivity index (χ0) is 15.2. The summed E-state index contributed by atoms with van der Waals surface area (Å²) >= 11 is 0. The highest BCUT2D eigenvalue weighted by atomic mass is 16.5. The van der Waals surface area contributed by atoms with Gasteiger partial charge in [-0.05, 0) is 38.0 Å². The highest BCUT2D eigenvalue weighted by Gasteiger charge is 2.36. The smallest absolute Gasteiger partial charge is 0.306 e. The van der Waals surface area contributed by atoms with E-state index in [1.165, 1.54) is 0 Å². The number of aliphatic hydroxyl groups is 1. The van der Waals surface area contributed by atoms with E-state index in [1.54, 1.807) is 6.92 Å². The first-order chi connectivity index (χ1) is 9.26. The van der Waals surface area contributed by atoms with Crippen LogP contribution in [0.15, 0.2) is 0 Å². The molecule has 1 fully saturated rings. The molecule has 0 aromatic heterocycles. The monoisotopic (exact) mass is 285 g/mol. The first-order valence-corrected chi connectivity index (χ1v) is 7.41. The van der Waals surface area contributed by atoms with Gasteiger partial charge in [-0.15, -0.1) is 0 Å². The number of amides is 1. The molecule has 0 bridgehead atoms. The Morgan fingerprint density at radius 1 is 1.15 bits per heavy atom. The Morgan fingerprint density at radius 3 is 2.30 bits per heavy atom. The molecule has 0 aliphatic heterocycles. The van der Waals surface area contributed by atoms with Crippen LogP contribution in [0.3, 0.4) is 0 Å². The molecular weight excluding hydrogens is 258 g/mol. The lowest BCUT2D eigenvalue weighted by Crippen LogP contribution is -2.46. The quantitative estimate of drug-likeness (QED) is 0.729. The predicted molar refractivity (Wildman–Crippen MR) is 76.1 cm³/mol. The molecule has 0 heterocycles. The Labute approximate surface area is 121 Å². The van der Waals surface area contributed by atoms with Crippen LogP contribution in [0.4, 0.5) is 0 Å². The van der Waals surface area contributed by atoms with E-state index in [0.29, 0.717) is 19.4 Å². The van der Waals surface area contributed by atoms with Gasteiger partial charge in [0.25, 0.3) is 0 Å². The van der Waals surface area contributed by atoms with Crippen molar-refractivity contribution in [2.45, 2.75) is 64.9 Å². The van der Waals surface area contributed by atoms with Crippen molar-refractivity contribution in [3.05, 3.63) is 0 Å². The highest BCUT2D eigenvalue weighted by molar-refractivity contribution is 5.81. The Balaban J connectivity index is 2.25. The van der Waals surface area contributed by atoms with Gasteiger partial charge in [0.05, 0.1) is 18.6 Å². The number of hydrogen-bond acceptors (Lipinski definition) is 4. The number of ether oxygens (including phenoxy) is 1. The van der Waals surface area contributed by atoms with Crippen molar-refractivity contribution in [1.29, 1.82) is 0 Å². The second-order valence-corrected chi connectivity index (χ2v) is 6.47. The van der Waals surface area contributed by atoms with E-state index in [0.717, 1.165) is 12.8 Å². The van der Waals surface area contributed by atoms with Gasteiger partial charge < -0.3 is 15.2 Å². The van der Waals surface area contributed by atoms with E-state index < -0.39 is 5.60 Å². The fourth-order valence-corrected chi connectivity index (χ4v) is 2.37. The van der Waals surface area contributed by atoms with E-state index in [2.05, 4.69) is 19.2 Å². The normalized spacial score (nSPS) is 20.2. The average molecular weight is 285 g/mol. The number of nitrogens with one attached hydrogen (secondary N) is 1. The lowest BCUT2D eigenvalue weighted by Gasteiger charge is -2.40. The van der Waals surface area contributed by atoms with Crippen molar-refractivity contribution in [1.82, 2.24) is 5.32 Å². The van der Waals surface area contributed by atoms with Crippen molar-refractivity contribution in [3.8, 4) is 0 Å². The summed E-state index contributed by atoms with van der Waals surface area (Å²) in [6, 6.07) is 0. The largest absolute Gasteiger partial charge is 0.466 e. The second-order valence-electron chi connectivity index (χ2n) is 6.47. The molecule has 0 atom stereocenters. The topological polar surface area (TPSA) is 75.6 Å².